The van der Waals surface area contributed by atoms with Crippen LogP contribution in [0, 0.1) is 0 Å². The number of nitrogens with zero attached hydrogens (tertiary/aromatic N) is 1. The Kier molecular flexibility index (Phi) is 4.98. The topological polar surface area (TPSA) is 3.24 Å². The van der Waals surface area contributed by atoms with Crippen LogP contribution < -0.4 is 0 Å². The van der Waals surface area contributed by atoms with Gasteiger partial charge in [-0.3, -0.25) is 0 Å². The summed E-state index contributed by atoms with van der Waals surface area (Å²) in [6.45, 7) is 7.20. The van der Waals surface area contributed by atoms with E-state index < -0.39 is 0 Å². The predicted octanol–water partition coefficient (Wildman–Crippen LogP) is 2.38. The Morgan fingerprint density at radius 1 is 1.11 bits per heavy atom. The molecule has 0 heterocycles. The Morgan fingerprint density at radius 3 is 1.78 bits per heavy atom. The second kappa shape index (κ2) is 5.42. The molecular formula is C8H15N. The standard InChI is InChI=1S/C8H15N/c1-4-7-9(6-3)8-5-2/h4-5,7-8H,6H2,1-3H3/b7-4-,8-5-. The van der Waals surface area contributed by atoms with Crippen molar-refractivity contribution >= 4 is 0 Å². The molecule has 0 amide bonds. The lowest BCUT2D eigenvalue weighted by atomic mass is 10.5. The molecule has 0 rings (SSSR count). The fraction of sp³-hybridized carbons (Fsp3) is 0.500. The molecule has 0 fully saturated rings. The van der Waals surface area contributed by atoms with Gasteiger partial charge in [0, 0.05) is 6.54 Å². The molecule has 0 bridgehead atoms. The highest BCUT2D eigenvalue weighted by Crippen LogP contribution is 1.89. The van der Waals surface area contributed by atoms with Crippen molar-refractivity contribution in [2.45, 2.75) is 20.8 Å². The first-order valence-electron chi connectivity index (χ1n) is 3.36. The van der Waals surface area contributed by atoms with Crippen LogP contribution in [0.15, 0.2) is 24.6 Å². The van der Waals surface area contributed by atoms with Gasteiger partial charge in [-0.05, 0) is 33.2 Å². The zero-order chi connectivity index (χ0) is 7.11. The summed E-state index contributed by atoms with van der Waals surface area (Å²) in [5.41, 5.74) is 0. The summed E-state index contributed by atoms with van der Waals surface area (Å²) in [7, 11) is 0. The van der Waals surface area contributed by atoms with Crippen LogP contribution in [-0.4, -0.2) is 11.4 Å². The zero-order valence-electron chi connectivity index (χ0n) is 6.46. The molecule has 0 aromatic carbocycles. The summed E-state index contributed by atoms with van der Waals surface area (Å²) in [4.78, 5) is 2.12. The van der Waals surface area contributed by atoms with Gasteiger partial charge < -0.3 is 4.90 Å². The lowest BCUT2D eigenvalue weighted by Gasteiger charge is -2.10. The highest BCUT2D eigenvalue weighted by Gasteiger charge is 1.82. The fourth-order valence-corrected chi connectivity index (χ4v) is 0.643. The second-order valence-electron chi connectivity index (χ2n) is 1.80. The summed E-state index contributed by atoms with van der Waals surface area (Å²) in [5.74, 6) is 0. The summed E-state index contributed by atoms with van der Waals surface area (Å²) in [6.07, 6.45) is 8.17. The molecule has 0 aromatic rings. The van der Waals surface area contributed by atoms with Gasteiger partial charge in [0.15, 0.2) is 0 Å². The Labute approximate surface area is 57.7 Å². The Hall–Kier alpha value is -0.720. The van der Waals surface area contributed by atoms with Gasteiger partial charge in [0.1, 0.15) is 0 Å². The number of allylic oxidation sites excluding steroid dienone is 2. The van der Waals surface area contributed by atoms with Crippen molar-refractivity contribution in [3.8, 4) is 0 Å². The van der Waals surface area contributed by atoms with Gasteiger partial charge in [0.25, 0.3) is 0 Å². The molecule has 0 saturated heterocycles. The molecule has 0 aliphatic heterocycles. The first-order chi connectivity index (χ1) is 4.35. The zero-order valence-corrected chi connectivity index (χ0v) is 6.46. The van der Waals surface area contributed by atoms with Crippen molar-refractivity contribution in [1.29, 1.82) is 0 Å². The molecule has 1 heteroatoms. The number of hydrogen-bond acceptors (Lipinski definition) is 1. The molecule has 0 aliphatic carbocycles. The summed E-state index contributed by atoms with van der Waals surface area (Å²) in [6, 6.07) is 0. The number of hydrogen-bond donors (Lipinski definition) is 0. The van der Waals surface area contributed by atoms with Crippen LogP contribution >= 0.6 is 0 Å². The third-order valence-corrected chi connectivity index (χ3v) is 1.05. The van der Waals surface area contributed by atoms with Crippen LogP contribution in [0.4, 0.5) is 0 Å². The van der Waals surface area contributed by atoms with E-state index in [9.17, 15) is 0 Å². The van der Waals surface area contributed by atoms with E-state index in [2.05, 4.69) is 24.2 Å². The van der Waals surface area contributed by atoms with Crippen LogP contribution in [0.3, 0.4) is 0 Å². The highest BCUT2D eigenvalue weighted by molar-refractivity contribution is 4.87. The van der Waals surface area contributed by atoms with Crippen LogP contribution in [0.25, 0.3) is 0 Å². The van der Waals surface area contributed by atoms with Gasteiger partial charge in [-0.15, -0.1) is 0 Å². The molecule has 0 atom stereocenters. The molecule has 0 aromatic heterocycles. The van der Waals surface area contributed by atoms with Gasteiger partial charge in [0.05, 0.1) is 0 Å². The monoisotopic (exact) mass is 125 g/mol. The summed E-state index contributed by atoms with van der Waals surface area (Å²) >= 11 is 0. The Morgan fingerprint density at radius 2 is 1.56 bits per heavy atom. The maximum absolute atomic E-state index is 2.12. The van der Waals surface area contributed by atoms with Crippen LogP contribution in [0.1, 0.15) is 20.8 Å². The van der Waals surface area contributed by atoms with Gasteiger partial charge >= 0.3 is 0 Å². The van der Waals surface area contributed by atoms with Gasteiger partial charge in [0.2, 0.25) is 0 Å². The second-order valence-corrected chi connectivity index (χ2v) is 1.80. The molecule has 0 radical (unpaired) electrons. The van der Waals surface area contributed by atoms with Crippen LogP contribution in [0.5, 0.6) is 0 Å². The molecule has 0 unspecified atom stereocenters. The first kappa shape index (κ1) is 8.28. The third kappa shape index (κ3) is 3.83. The maximum atomic E-state index is 2.12. The third-order valence-electron chi connectivity index (χ3n) is 1.05. The molecule has 0 aliphatic rings. The summed E-state index contributed by atoms with van der Waals surface area (Å²) < 4.78 is 0. The average Bonchev–Trinajstić information content (AvgIpc) is 1.88. The van der Waals surface area contributed by atoms with Crippen LogP contribution in [-0.2, 0) is 0 Å². The van der Waals surface area contributed by atoms with E-state index in [0.717, 1.165) is 6.54 Å². The summed E-state index contributed by atoms with van der Waals surface area (Å²) in [5, 5.41) is 0. The Balaban J connectivity index is 3.68. The van der Waals surface area contributed by atoms with E-state index in [0.29, 0.717) is 0 Å². The Bertz CT molecular complexity index is 91.1. The predicted molar refractivity (Wildman–Crippen MR) is 42.0 cm³/mol. The van der Waals surface area contributed by atoms with E-state index in [-0.39, 0.29) is 0 Å². The van der Waals surface area contributed by atoms with Crippen LogP contribution in [0.2, 0.25) is 0 Å². The van der Waals surface area contributed by atoms with E-state index in [4.69, 9.17) is 0 Å². The highest BCUT2D eigenvalue weighted by atomic mass is 15.1. The van der Waals surface area contributed by atoms with Crippen molar-refractivity contribution in [3.05, 3.63) is 24.6 Å². The molecule has 0 spiro atoms. The minimum atomic E-state index is 1.04. The van der Waals surface area contributed by atoms with Gasteiger partial charge in [-0.1, -0.05) is 12.2 Å². The fourth-order valence-electron chi connectivity index (χ4n) is 0.643. The first-order valence-corrected chi connectivity index (χ1v) is 3.36. The minimum absolute atomic E-state index is 1.04. The molecular weight excluding hydrogens is 110 g/mol. The maximum Gasteiger partial charge on any atom is 0.0190 e. The van der Waals surface area contributed by atoms with Crippen molar-refractivity contribution in [3.63, 3.8) is 0 Å². The largest absolute Gasteiger partial charge is 0.355 e. The van der Waals surface area contributed by atoms with E-state index in [1.165, 1.54) is 0 Å². The van der Waals surface area contributed by atoms with Gasteiger partial charge in [-0.2, -0.15) is 0 Å². The molecule has 0 saturated carbocycles. The average molecular weight is 125 g/mol. The van der Waals surface area contributed by atoms with E-state index in [1.807, 2.05) is 26.0 Å². The smallest absolute Gasteiger partial charge is 0.0190 e. The van der Waals surface area contributed by atoms with Crippen molar-refractivity contribution in [2.24, 2.45) is 0 Å². The molecule has 1 nitrogen and oxygen atoms in total. The quantitative estimate of drug-likeness (QED) is 0.559. The normalized spacial score (nSPS) is 11.4. The lowest BCUT2D eigenvalue weighted by molar-refractivity contribution is 0.535. The molecule has 9 heavy (non-hydrogen) atoms. The molecule has 52 valence electrons. The SMILES string of the molecule is C/C=C\N(/C=C\C)CC. The van der Waals surface area contributed by atoms with E-state index >= 15 is 0 Å². The van der Waals surface area contributed by atoms with Crippen molar-refractivity contribution in [1.82, 2.24) is 4.90 Å². The number of rotatable bonds is 3. The van der Waals surface area contributed by atoms with Crippen molar-refractivity contribution < 1.29 is 0 Å². The van der Waals surface area contributed by atoms with Crippen molar-refractivity contribution in [2.75, 3.05) is 6.54 Å². The minimum Gasteiger partial charge on any atom is -0.355 e. The lowest BCUT2D eigenvalue weighted by Crippen LogP contribution is -2.06. The van der Waals surface area contributed by atoms with Gasteiger partial charge in [-0.25, -0.2) is 0 Å². The molecule has 0 N–H and O–H groups in total. The van der Waals surface area contributed by atoms with E-state index in [1.54, 1.807) is 0 Å².